The first-order chi connectivity index (χ1) is 13.9. The predicted molar refractivity (Wildman–Crippen MR) is 117 cm³/mol. The highest BCUT2D eigenvalue weighted by atomic mass is 35.5. The number of rotatable bonds is 6. The second-order valence-corrected chi connectivity index (χ2v) is 9.34. The number of nitrogens with zero attached hydrogens (tertiary/aromatic N) is 1. The molecule has 1 atom stereocenters. The summed E-state index contributed by atoms with van der Waals surface area (Å²) < 4.78 is 27.6. The van der Waals surface area contributed by atoms with Crippen molar-refractivity contribution in [3.8, 4) is 0 Å². The van der Waals surface area contributed by atoms with Crippen LogP contribution in [0.5, 0.6) is 0 Å². The van der Waals surface area contributed by atoms with Crippen molar-refractivity contribution in [2.75, 3.05) is 11.9 Å². The van der Waals surface area contributed by atoms with E-state index in [0.29, 0.717) is 17.3 Å². The maximum atomic E-state index is 13.0. The van der Waals surface area contributed by atoms with Gasteiger partial charge in [-0.25, -0.2) is 8.42 Å². The topological polar surface area (TPSA) is 66.5 Å². The monoisotopic (exact) mass is 432 g/mol. The molecule has 0 bridgehead atoms. The molecule has 2 aromatic carbocycles. The number of anilines is 1. The average Bonchev–Trinajstić information content (AvgIpc) is 2.73. The minimum atomic E-state index is -3.53. The van der Waals surface area contributed by atoms with Gasteiger partial charge in [0.15, 0.2) is 0 Å². The second kappa shape index (κ2) is 9.57. The summed E-state index contributed by atoms with van der Waals surface area (Å²) in [5, 5.41) is 3.30. The molecule has 5 nitrogen and oxygen atoms in total. The van der Waals surface area contributed by atoms with Crippen molar-refractivity contribution >= 4 is 39.3 Å². The third-order valence-electron chi connectivity index (χ3n) is 5.09. The van der Waals surface area contributed by atoms with E-state index in [4.69, 9.17) is 11.6 Å². The standard InChI is InChI=1S/C22H25ClN2O3S/c1-2-19-8-5-6-16-25(19)29(27,28)20-13-11-18(12-14-20)24-22(26)15-10-17-7-3-4-9-21(17)23/h3-4,7,9-15,19H,2,5-6,8,16H2,1H3,(H,24,26)/b15-10+/t19-/m1/s1. The van der Waals surface area contributed by atoms with Crippen LogP contribution in [0.4, 0.5) is 5.69 Å². The molecule has 1 amide bonds. The van der Waals surface area contributed by atoms with Gasteiger partial charge in [-0.05, 0) is 61.2 Å². The summed E-state index contributed by atoms with van der Waals surface area (Å²) in [6.45, 7) is 2.58. The first kappa shape index (κ1) is 21.6. The summed E-state index contributed by atoms with van der Waals surface area (Å²) in [4.78, 5) is 12.4. The van der Waals surface area contributed by atoms with Gasteiger partial charge < -0.3 is 5.32 Å². The Balaban J connectivity index is 1.68. The maximum absolute atomic E-state index is 13.0. The third kappa shape index (κ3) is 5.26. The Hall–Kier alpha value is -2.15. The fraction of sp³-hybridized carbons (Fsp3) is 0.318. The van der Waals surface area contributed by atoms with Gasteiger partial charge in [0.05, 0.1) is 4.90 Å². The van der Waals surface area contributed by atoms with Gasteiger partial charge in [0.1, 0.15) is 0 Å². The Labute approximate surface area is 177 Å². The van der Waals surface area contributed by atoms with Crippen LogP contribution in [-0.2, 0) is 14.8 Å². The van der Waals surface area contributed by atoms with E-state index in [0.717, 1.165) is 31.2 Å². The van der Waals surface area contributed by atoms with Gasteiger partial charge in [-0.2, -0.15) is 4.31 Å². The van der Waals surface area contributed by atoms with Gasteiger partial charge in [0.25, 0.3) is 0 Å². The van der Waals surface area contributed by atoms with E-state index in [2.05, 4.69) is 5.32 Å². The summed E-state index contributed by atoms with van der Waals surface area (Å²) in [5.41, 5.74) is 1.28. The number of amides is 1. The van der Waals surface area contributed by atoms with Gasteiger partial charge in [-0.1, -0.05) is 43.1 Å². The number of hydrogen-bond acceptors (Lipinski definition) is 3. The highest BCUT2D eigenvalue weighted by Gasteiger charge is 2.32. The van der Waals surface area contributed by atoms with Gasteiger partial charge >= 0.3 is 0 Å². The van der Waals surface area contributed by atoms with Crippen LogP contribution in [-0.4, -0.2) is 31.2 Å². The lowest BCUT2D eigenvalue weighted by Gasteiger charge is -2.34. The number of carbonyl (C=O) groups excluding carboxylic acids is 1. The van der Waals surface area contributed by atoms with Crippen LogP contribution in [0.15, 0.2) is 59.5 Å². The lowest BCUT2D eigenvalue weighted by Crippen LogP contribution is -2.43. The number of nitrogens with one attached hydrogen (secondary N) is 1. The van der Waals surface area contributed by atoms with Gasteiger partial charge in [-0.15, -0.1) is 0 Å². The Bertz CT molecular complexity index is 987. The van der Waals surface area contributed by atoms with Crippen LogP contribution in [0, 0.1) is 0 Å². The fourth-order valence-electron chi connectivity index (χ4n) is 3.50. The van der Waals surface area contributed by atoms with Crippen molar-refractivity contribution in [3.63, 3.8) is 0 Å². The van der Waals surface area contributed by atoms with Crippen LogP contribution < -0.4 is 5.32 Å². The normalized spacial score (nSPS) is 18.1. The summed E-state index contributed by atoms with van der Waals surface area (Å²) in [6.07, 6.45) is 6.70. The molecule has 1 aliphatic rings. The van der Waals surface area contributed by atoms with E-state index < -0.39 is 10.0 Å². The van der Waals surface area contributed by atoms with Gasteiger partial charge in [-0.3, -0.25) is 4.79 Å². The molecule has 3 rings (SSSR count). The molecule has 0 aliphatic carbocycles. The quantitative estimate of drug-likeness (QED) is 0.657. The average molecular weight is 433 g/mol. The van der Waals surface area contributed by atoms with Crippen molar-refractivity contribution < 1.29 is 13.2 Å². The number of benzene rings is 2. The Kier molecular flexibility index (Phi) is 7.11. The minimum Gasteiger partial charge on any atom is -0.323 e. The molecular formula is C22H25ClN2O3S. The van der Waals surface area contributed by atoms with Crippen LogP contribution in [0.2, 0.25) is 5.02 Å². The van der Waals surface area contributed by atoms with Crippen molar-refractivity contribution in [1.29, 1.82) is 0 Å². The molecule has 1 heterocycles. The molecule has 7 heteroatoms. The smallest absolute Gasteiger partial charge is 0.248 e. The van der Waals surface area contributed by atoms with Crippen molar-refractivity contribution in [2.24, 2.45) is 0 Å². The largest absolute Gasteiger partial charge is 0.323 e. The molecule has 0 aromatic heterocycles. The van der Waals surface area contributed by atoms with E-state index in [1.54, 1.807) is 40.7 Å². The molecule has 0 spiro atoms. The number of carbonyl (C=O) groups is 1. The number of sulfonamides is 1. The summed E-state index contributed by atoms with van der Waals surface area (Å²) in [5.74, 6) is -0.317. The number of halogens is 1. The second-order valence-electron chi connectivity index (χ2n) is 7.04. The molecule has 2 aromatic rings. The maximum Gasteiger partial charge on any atom is 0.248 e. The Morgan fingerprint density at radius 1 is 1.17 bits per heavy atom. The molecule has 0 unspecified atom stereocenters. The lowest BCUT2D eigenvalue weighted by molar-refractivity contribution is -0.111. The molecule has 0 saturated carbocycles. The van der Waals surface area contributed by atoms with E-state index in [1.165, 1.54) is 6.08 Å². The molecule has 1 saturated heterocycles. The van der Waals surface area contributed by atoms with E-state index in [-0.39, 0.29) is 16.8 Å². The molecule has 1 N–H and O–H groups in total. The van der Waals surface area contributed by atoms with Crippen LogP contribution in [0.25, 0.3) is 6.08 Å². The molecule has 29 heavy (non-hydrogen) atoms. The summed E-state index contributed by atoms with van der Waals surface area (Å²) in [6, 6.07) is 13.6. The van der Waals surface area contributed by atoms with Crippen LogP contribution in [0.1, 0.15) is 38.2 Å². The van der Waals surface area contributed by atoms with Crippen molar-refractivity contribution in [1.82, 2.24) is 4.31 Å². The third-order valence-corrected chi connectivity index (χ3v) is 7.40. The highest BCUT2D eigenvalue weighted by molar-refractivity contribution is 7.89. The highest BCUT2D eigenvalue weighted by Crippen LogP contribution is 2.27. The predicted octanol–water partition coefficient (Wildman–Crippen LogP) is 4.95. The zero-order valence-electron chi connectivity index (χ0n) is 16.3. The Morgan fingerprint density at radius 2 is 1.90 bits per heavy atom. The fourth-order valence-corrected chi connectivity index (χ4v) is 5.47. The van der Waals surface area contributed by atoms with Gasteiger partial charge in [0, 0.05) is 29.4 Å². The minimum absolute atomic E-state index is 0.0584. The van der Waals surface area contributed by atoms with Crippen molar-refractivity contribution in [3.05, 3.63) is 65.2 Å². The summed E-state index contributed by atoms with van der Waals surface area (Å²) in [7, 11) is -3.53. The van der Waals surface area contributed by atoms with Crippen LogP contribution in [0.3, 0.4) is 0 Å². The molecule has 1 fully saturated rings. The van der Waals surface area contributed by atoms with E-state index in [1.807, 2.05) is 25.1 Å². The number of hydrogen-bond donors (Lipinski definition) is 1. The molecular weight excluding hydrogens is 408 g/mol. The number of piperidine rings is 1. The van der Waals surface area contributed by atoms with Crippen molar-refractivity contribution in [2.45, 2.75) is 43.5 Å². The zero-order chi connectivity index (χ0) is 20.9. The molecule has 154 valence electrons. The zero-order valence-corrected chi connectivity index (χ0v) is 17.9. The molecule has 0 radical (unpaired) electrons. The van der Waals surface area contributed by atoms with Gasteiger partial charge in [0.2, 0.25) is 15.9 Å². The summed E-state index contributed by atoms with van der Waals surface area (Å²) >= 11 is 6.07. The first-order valence-electron chi connectivity index (χ1n) is 9.77. The Morgan fingerprint density at radius 3 is 2.59 bits per heavy atom. The first-order valence-corrected chi connectivity index (χ1v) is 11.6. The van der Waals surface area contributed by atoms with E-state index >= 15 is 0 Å². The SMILES string of the molecule is CC[C@@H]1CCCCN1S(=O)(=O)c1ccc(NC(=O)/C=C/c2ccccc2Cl)cc1. The molecule has 1 aliphatic heterocycles. The van der Waals surface area contributed by atoms with Crippen LogP contribution >= 0.6 is 11.6 Å². The lowest BCUT2D eigenvalue weighted by atomic mass is 10.0. The van der Waals surface area contributed by atoms with E-state index in [9.17, 15) is 13.2 Å².